The highest BCUT2D eigenvalue weighted by atomic mass is 79.9. The Labute approximate surface area is 175 Å². The Balaban J connectivity index is 2.46. The number of nitrogens with zero attached hydrogens (tertiary/aromatic N) is 2. The number of aliphatic hydroxyl groups is 1. The minimum absolute atomic E-state index is 0.147. The van der Waals surface area contributed by atoms with Gasteiger partial charge in [0.1, 0.15) is 0 Å². The second-order valence-corrected chi connectivity index (χ2v) is 9.17. The average Bonchev–Trinajstić information content (AvgIpc) is 2.98. The number of fused-ring (bicyclic) bond motifs is 1. The smallest absolute Gasteiger partial charge is 0.0969 e. The molecule has 0 amide bonds. The van der Waals surface area contributed by atoms with Gasteiger partial charge in [-0.3, -0.25) is 4.98 Å². The number of benzene rings is 1. The van der Waals surface area contributed by atoms with Crippen LogP contribution in [-0.2, 0) is 11.3 Å². The van der Waals surface area contributed by atoms with Crippen LogP contribution in [0.1, 0.15) is 58.1 Å². The van der Waals surface area contributed by atoms with Crippen LogP contribution in [0.4, 0.5) is 0 Å². The molecule has 2 aromatic heterocycles. The van der Waals surface area contributed by atoms with Crippen LogP contribution >= 0.6 is 15.9 Å². The number of aliphatic hydroxyl groups excluding tert-OH is 1. The van der Waals surface area contributed by atoms with E-state index in [1.54, 1.807) is 13.3 Å². The number of rotatable bonds is 5. The van der Waals surface area contributed by atoms with Crippen molar-refractivity contribution in [3.05, 3.63) is 52.3 Å². The first-order chi connectivity index (χ1) is 13.2. The topological polar surface area (TPSA) is 47.3 Å². The van der Waals surface area contributed by atoms with E-state index in [1.807, 2.05) is 19.1 Å². The van der Waals surface area contributed by atoms with Crippen LogP contribution in [0.25, 0.3) is 22.2 Å². The lowest BCUT2D eigenvalue weighted by Gasteiger charge is -2.28. The highest BCUT2D eigenvalue weighted by Gasteiger charge is 2.32. The lowest BCUT2D eigenvalue weighted by molar-refractivity contribution is 0.0642. The van der Waals surface area contributed by atoms with E-state index in [0.29, 0.717) is 0 Å². The Kier molecular flexibility index (Phi) is 5.99. The van der Waals surface area contributed by atoms with E-state index in [0.717, 1.165) is 44.4 Å². The zero-order chi connectivity index (χ0) is 20.6. The van der Waals surface area contributed by atoms with Crippen molar-refractivity contribution in [2.24, 2.45) is 5.41 Å². The number of hydrogen-bond acceptors (Lipinski definition) is 3. The van der Waals surface area contributed by atoms with Crippen LogP contribution in [0.15, 0.2) is 41.0 Å². The summed E-state index contributed by atoms with van der Waals surface area (Å²) < 4.78 is 8.86. The normalized spacial score (nSPS) is 14.4. The maximum Gasteiger partial charge on any atom is 0.0969 e. The molecule has 1 unspecified atom stereocenters. The van der Waals surface area contributed by atoms with Crippen molar-refractivity contribution >= 4 is 26.8 Å². The molecule has 0 aliphatic heterocycles. The van der Waals surface area contributed by atoms with Gasteiger partial charge in [0, 0.05) is 46.4 Å². The van der Waals surface area contributed by atoms with Gasteiger partial charge in [0.15, 0.2) is 0 Å². The second kappa shape index (κ2) is 7.97. The van der Waals surface area contributed by atoms with Crippen molar-refractivity contribution in [1.29, 1.82) is 0 Å². The SMILES string of the molecule is CCn1c(-c2cccnc2[C@H](C)OC)c(C(O)C(C)(C)C)c2cc(Br)ccc21. The predicted molar refractivity (Wildman–Crippen MR) is 118 cm³/mol. The van der Waals surface area contributed by atoms with Gasteiger partial charge >= 0.3 is 0 Å². The third-order valence-electron chi connectivity index (χ3n) is 5.31. The fraction of sp³-hybridized carbons (Fsp3) is 0.435. The van der Waals surface area contributed by atoms with Gasteiger partial charge in [-0.25, -0.2) is 0 Å². The van der Waals surface area contributed by atoms with E-state index in [9.17, 15) is 5.11 Å². The fourth-order valence-electron chi connectivity index (χ4n) is 3.73. The Hall–Kier alpha value is -1.69. The molecule has 2 heterocycles. The molecule has 5 heteroatoms. The molecule has 0 radical (unpaired) electrons. The molecule has 3 rings (SSSR count). The van der Waals surface area contributed by atoms with Crippen molar-refractivity contribution in [2.75, 3.05) is 7.11 Å². The molecule has 0 saturated heterocycles. The molecular weight excluding hydrogens is 416 g/mol. The molecule has 2 atom stereocenters. The molecule has 0 bridgehead atoms. The van der Waals surface area contributed by atoms with E-state index in [1.165, 1.54) is 0 Å². The largest absolute Gasteiger partial charge is 0.388 e. The molecule has 0 aliphatic rings. The fourth-order valence-corrected chi connectivity index (χ4v) is 4.10. The van der Waals surface area contributed by atoms with Gasteiger partial charge in [-0.1, -0.05) is 36.7 Å². The minimum Gasteiger partial charge on any atom is -0.388 e. The first kappa shape index (κ1) is 21.0. The standard InChI is InChI=1S/C23H29BrN2O2/c1-7-26-18-11-10-15(24)13-17(18)19(22(27)23(3,4)5)21(26)16-9-8-12-25-20(16)14(2)28-6/h8-14,22,27H,7H2,1-6H3/t14-,22?/m0/s1. The maximum absolute atomic E-state index is 11.4. The van der Waals surface area contributed by atoms with E-state index in [-0.39, 0.29) is 11.5 Å². The van der Waals surface area contributed by atoms with Crippen LogP contribution < -0.4 is 0 Å². The number of methoxy groups -OCH3 is 1. The van der Waals surface area contributed by atoms with Gasteiger partial charge < -0.3 is 14.4 Å². The van der Waals surface area contributed by atoms with Crippen LogP contribution in [0, 0.1) is 5.41 Å². The van der Waals surface area contributed by atoms with E-state index in [2.05, 4.69) is 71.4 Å². The zero-order valence-corrected chi connectivity index (χ0v) is 19.0. The predicted octanol–water partition coefficient (Wildman–Crippen LogP) is 6.27. The van der Waals surface area contributed by atoms with Crippen LogP contribution in [0.3, 0.4) is 0 Å². The summed E-state index contributed by atoms with van der Waals surface area (Å²) in [6, 6.07) is 10.3. The van der Waals surface area contributed by atoms with Crippen molar-refractivity contribution in [3.8, 4) is 11.3 Å². The highest BCUT2D eigenvalue weighted by molar-refractivity contribution is 9.10. The van der Waals surface area contributed by atoms with Gasteiger partial charge in [-0.15, -0.1) is 0 Å². The highest BCUT2D eigenvalue weighted by Crippen LogP contribution is 2.45. The second-order valence-electron chi connectivity index (χ2n) is 8.25. The molecule has 1 N–H and O–H groups in total. The van der Waals surface area contributed by atoms with Crippen LogP contribution in [0.2, 0.25) is 0 Å². The Morgan fingerprint density at radius 2 is 1.96 bits per heavy atom. The van der Waals surface area contributed by atoms with Crippen LogP contribution in [-0.4, -0.2) is 21.8 Å². The summed E-state index contributed by atoms with van der Waals surface area (Å²) in [5.74, 6) is 0. The summed E-state index contributed by atoms with van der Waals surface area (Å²) in [5, 5.41) is 12.5. The van der Waals surface area contributed by atoms with Crippen molar-refractivity contribution in [2.45, 2.75) is 53.4 Å². The first-order valence-electron chi connectivity index (χ1n) is 9.68. The zero-order valence-electron chi connectivity index (χ0n) is 17.5. The number of pyridine rings is 1. The monoisotopic (exact) mass is 444 g/mol. The van der Waals surface area contributed by atoms with E-state index < -0.39 is 6.10 Å². The third-order valence-corrected chi connectivity index (χ3v) is 5.80. The molecule has 1 aromatic carbocycles. The van der Waals surface area contributed by atoms with Gasteiger partial charge in [-0.2, -0.15) is 0 Å². The van der Waals surface area contributed by atoms with Gasteiger partial charge in [0.2, 0.25) is 0 Å². The summed E-state index contributed by atoms with van der Waals surface area (Å²) in [6.07, 6.45) is 1.02. The van der Waals surface area contributed by atoms with Gasteiger partial charge in [0.25, 0.3) is 0 Å². The quantitative estimate of drug-likeness (QED) is 0.503. The first-order valence-corrected chi connectivity index (χ1v) is 10.5. The maximum atomic E-state index is 11.4. The molecule has 0 fully saturated rings. The summed E-state index contributed by atoms with van der Waals surface area (Å²) in [7, 11) is 1.69. The number of aryl methyl sites for hydroxylation is 1. The van der Waals surface area contributed by atoms with Crippen molar-refractivity contribution < 1.29 is 9.84 Å². The van der Waals surface area contributed by atoms with E-state index in [4.69, 9.17) is 4.74 Å². The molecule has 150 valence electrons. The van der Waals surface area contributed by atoms with Gasteiger partial charge in [-0.05, 0) is 49.6 Å². The molecule has 3 aromatic rings. The lowest BCUT2D eigenvalue weighted by atomic mass is 9.82. The lowest BCUT2D eigenvalue weighted by Crippen LogP contribution is -2.19. The summed E-state index contributed by atoms with van der Waals surface area (Å²) in [6.45, 7) is 11.1. The molecule has 28 heavy (non-hydrogen) atoms. The minimum atomic E-state index is -0.627. The molecular formula is C23H29BrN2O2. The third kappa shape index (κ3) is 3.63. The average molecular weight is 445 g/mol. The Morgan fingerprint density at radius 3 is 2.57 bits per heavy atom. The van der Waals surface area contributed by atoms with Crippen LogP contribution in [0.5, 0.6) is 0 Å². The summed E-state index contributed by atoms with van der Waals surface area (Å²) in [4.78, 5) is 4.62. The molecule has 4 nitrogen and oxygen atoms in total. The van der Waals surface area contributed by atoms with Crippen molar-refractivity contribution in [3.63, 3.8) is 0 Å². The Morgan fingerprint density at radius 1 is 1.25 bits per heavy atom. The number of ether oxygens (including phenoxy) is 1. The van der Waals surface area contributed by atoms with Gasteiger partial charge in [0.05, 0.1) is 23.6 Å². The molecule has 0 saturated carbocycles. The summed E-state index contributed by atoms with van der Waals surface area (Å²) >= 11 is 3.60. The number of halogens is 1. The molecule has 0 aliphatic carbocycles. The van der Waals surface area contributed by atoms with Crippen molar-refractivity contribution in [1.82, 2.24) is 9.55 Å². The Bertz CT molecular complexity index is 988. The molecule has 0 spiro atoms. The number of aromatic nitrogens is 2. The number of hydrogen-bond donors (Lipinski definition) is 1. The van der Waals surface area contributed by atoms with E-state index >= 15 is 0 Å². The summed E-state index contributed by atoms with van der Waals surface area (Å²) in [5.41, 5.74) is 4.65.